The Morgan fingerprint density at radius 1 is 1.28 bits per heavy atom. The van der Waals surface area contributed by atoms with Gasteiger partial charge in [0.1, 0.15) is 5.75 Å². The summed E-state index contributed by atoms with van der Waals surface area (Å²) in [5, 5.41) is 3.02. The van der Waals surface area contributed by atoms with Crippen LogP contribution in [0.3, 0.4) is 0 Å². The molecule has 1 aliphatic rings. The van der Waals surface area contributed by atoms with Gasteiger partial charge in [-0.15, -0.1) is 0 Å². The van der Waals surface area contributed by atoms with Gasteiger partial charge in [0.25, 0.3) is 0 Å². The third kappa shape index (κ3) is 4.59. The number of rotatable bonds is 6. The molecule has 0 amide bonds. The van der Waals surface area contributed by atoms with Gasteiger partial charge in [-0.3, -0.25) is 0 Å². The van der Waals surface area contributed by atoms with E-state index in [2.05, 4.69) is 16.5 Å². The molecular formula is C20H24ClN2O2. The number of nitrogens with one attached hydrogen (secondary N) is 1. The average Bonchev–Trinajstić information content (AvgIpc) is 2.63. The first-order chi connectivity index (χ1) is 12.2. The third-order valence-electron chi connectivity index (χ3n) is 4.57. The summed E-state index contributed by atoms with van der Waals surface area (Å²) < 4.78 is 10.9. The van der Waals surface area contributed by atoms with Crippen molar-refractivity contribution in [1.29, 1.82) is 0 Å². The maximum Gasteiger partial charge on any atom is 0.151 e. The van der Waals surface area contributed by atoms with Gasteiger partial charge in [0.15, 0.2) is 5.75 Å². The summed E-state index contributed by atoms with van der Waals surface area (Å²) in [7, 11) is 3.38. The van der Waals surface area contributed by atoms with Gasteiger partial charge in [0.05, 0.1) is 19.9 Å². The average molecular weight is 360 g/mol. The molecule has 1 radical (unpaired) electrons. The van der Waals surface area contributed by atoms with Gasteiger partial charge in [0.2, 0.25) is 0 Å². The predicted octanol–water partition coefficient (Wildman–Crippen LogP) is 4.44. The highest BCUT2D eigenvalue weighted by molar-refractivity contribution is 6.30. The van der Waals surface area contributed by atoms with E-state index in [-0.39, 0.29) is 0 Å². The summed E-state index contributed by atoms with van der Waals surface area (Å²) in [4.78, 5) is 0. The lowest BCUT2D eigenvalue weighted by Crippen LogP contribution is -2.40. The Balaban J connectivity index is 1.66. The van der Waals surface area contributed by atoms with Crippen molar-refractivity contribution in [2.24, 2.45) is 5.92 Å². The Morgan fingerprint density at radius 2 is 2.16 bits per heavy atom. The van der Waals surface area contributed by atoms with Crippen LogP contribution in [-0.2, 0) is 6.42 Å². The summed E-state index contributed by atoms with van der Waals surface area (Å²) in [6, 6.07) is 14.8. The normalized spacial score (nSPS) is 18.0. The summed E-state index contributed by atoms with van der Waals surface area (Å²) in [5.74, 6) is 2.20. The summed E-state index contributed by atoms with van der Waals surface area (Å²) >= 11 is 6.17. The Bertz CT molecular complexity index is 708. The van der Waals surface area contributed by atoms with Crippen LogP contribution in [-0.4, -0.2) is 32.3 Å². The van der Waals surface area contributed by atoms with Crippen LogP contribution >= 0.6 is 11.6 Å². The highest BCUT2D eigenvalue weighted by atomic mass is 35.5. The van der Waals surface area contributed by atoms with Gasteiger partial charge in [-0.2, -0.15) is 0 Å². The van der Waals surface area contributed by atoms with Crippen LogP contribution in [0.15, 0.2) is 36.4 Å². The largest absolute Gasteiger partial charge is 0.496 e. The number of piperidine rings is 1. The molecule has 1 heterocycles. The maximum absolute atomic E-state index is 6.17. The van der Waals surface area contributed by atoms with E-state index < -0.39 is 0 Å². The van der Waals surface area contributed by atoms with Crippen molar-refractivity contribution in [3.8, 4) is 11.5 Å². The van der Waals surface area contributed by atoms with Crippen LogP contribution in [0.1, 0.15) is 18.4 Å². The Hall–Kier alpha value is -1.91. The van der Waals surface area contributed by atoms with Crippen LogP contribution in [0.5, 0.6) is 11.5 Å². The molecule has 1 N–H and O–H groups in total. The Morgan fingerprint density at radius 3 is 2.96 bits per heavy atom. The molecule has 0 aromatic heterocycles. The Kier molecular flexibility index (Phi) is 6.05. The van der Waals surface area contributed by atoms with E-state index in [1.807, 2.05) is 36.4 Å². The lowest BCUT2D eigenvalue weighted by atomic mass is 9.91. The quantitative estimate of drug-likeness (QED) is 0.826. The van der Waals surface area contributed by atoms with E-state index >= 15 is 0 Å². The summed E-state index contributed by atoms with van der Waals surface area (Å²) in [6.07, 6.45) is 3.31. The molecule has 5 heteroatoms. The molecule has 1 fully saturated rings. The molecule has 1 unspecified atom stereocenters. The van der Waals surface area contributed by atoms with Gasteiger partial charge in [-0.1, -0.05) is 23.7 Å². The highest BCUT2D eigenvalue weighted by Gasteiger charge is 2.22. The molecule has 3 rings (SSSR count). The number of para-hydroxylation sites is 1. The number of nitrogens with zero attached hydrogens (tertiary/aromatic N) is 1. The van der Waals surface area contributed by atoms with E-state index in [4.69, 9.17) is 21.1 Å². The number of hydrazine groups is 1. The monoisotopic (exact) mass is 359 g/mol. The van der Waals surface area contributed by atoms with Crippen molar-refractivity contribution in [2.45, 2.75) is 19.3 Å². The minimum Gasteiger partial charge on any atom is -0.496 e. The molecule has 4 nitrogen and oxygen atoms in total. The molecular weight excluding hydrogens is 336 g/mol. The van der Waals surface area contributed by atoms with Crippen molar-refractivity contribution in [1.82, 2.24) is 5.01 Å². The number of halogens is 1. The van der Waals surface area contributed by atoms with Crippen molar-refractivity contribution in [3.05, 3.63) is 53.1 Å². The number of benzene rings is 2. The summed E-state index contributed by atoms with van der Waals surface area (Å²) in [5.41, 5.74) is 5.60. The van der Waals surface area contributed by atoms with Gasteiger partial charge < -0.3 is 14.9 Å². The van der Waals surface area contributed by atoms with Crippen LogP contribution in [0.4, 0.5) is 5.69 Å². The number of anilines is 1. The van der Waals surface area contributed by atoms with E-state index in [1.54, 1.807) is 14.2 Å². The number of hydrogen-bond donors (Lipinski definition) is 1. The minimum absolute atomic E-state index is 0.548. The van der Waals surface area contributed by atoms with Crippen molar-refractivity contribution >= 4 is 17.3 Å². The van der Waals surface area contributed by atoms with E-state index in [0.717, 1.165) is 48.1 Å². The fourth-order valence-corrected chi connectivity index (χ4v) is 3.59. The number of methoxy groups -OCH3 is 2. The van der Waals surface area contributed by atoms with E-state index in [0.29, 0.717) is 5.92 Å². The molecule has 0 bridgehead atoms. The van der Waals surface area contributed by atoms with E-state index in [1.165, 1.54) is 12.0 Å². The fraction of sp³-hybridized carbons (Fsp3) is 0.400. The molecule has 2 aromatic rings. The van der Waals surface area contributed by atoms with Crippen molar-refractivity contribution in [3.63, 3.8) is 0 Å². The van der Waals surface area contributed by atoms with Crippen LogP contribution in [0.2, 0.25) is 5.02 Å². The standard InChI is InChI=1S/C20H24ClN2O2/c1-24-19-10-9-17(21)13-16(19)12-15-6-5-11-23(14-15)22-18-7-3-4-8-20(18)25-2/h3-4,7,9-10,13,15,22H,5-6,11-12,14H2,1-2H3. The first-order valence-corrected chi connectivity index (χ1v) is 8.96. The van der Waals surface area contributed by atoms with E-state index in [9.17, 15) is 0 Å². The van der Waals surface area contributed by atoms with Crippen molar-refractivity contribution < 1.29 is 9.47 Å². The van der Waals surface area contributed by atoms with Gasteiger partial charge >= 0.3 is 0 Å². The zero-order valence-corrected chi connectivity index (χ0v) is 15.5. The zero-order chi connectivity index (χ0) is 17.6. The van der Waals surface area contributed by atoms with Crippen LogP contribution in [0, 0.1) is 12.0 Å². The maximum atomic E-state index is 6.17. The van der Waals surface area contributed by atoms with Crippen LogP contribution < -0.4 is 14.9 Å². The molecule has 0 aliphatic carbocycles. The van der Waals surface area contributed by atoms with Crippen LogP contribution in [0.25, 0.3) is 0 Å². The smallest absolute Gasteiger partial charge is 0.151 e. The molecule has 2 aromatic carbocycles. The Labute approximate surface area is 154 Å². The molecule has 0 saturated carbocycles. The minimum atomic E-state index is 0.548. The van der Waals surface area contributed by atoms with Gasteiger partial charge in [0, 0.05) is 24.2 Å². The molecule has 1 aliphatic heterocycles. The lowest BCUT2D eigenvalue weighted by molar-refractivity contribution is 0.205. The third-order valence-corrected chi connectivity index (χ3v) is 4.81. The van der Waals surface area contributed by atoms with Gasteiger partial charge in [-0.05, 0) is 55.0 Å². The molecule has 0 spiro atoms. The SMILES string of the molecule is COc1[c]cccc1NN1CCCC(Cc2cc(Cl)ccc2OC)C1. The first-order valence-electron chi connectivity index (χ1n) is 8.58. The number of ether oxygens (including phenoxy) is 2. The fourth-order valence-electron chi connectivity index (χ4n) is 3.40. The second-order valence-electron chi connectivity index (χ2n) is 6.34. The highest BCUT2D eigenvalue weighted by Crippen LogP contribution is 2.30. The lowest BCUT2D eigenvalue weighted by Gasteiger charge is -2.34. The molecule has 1 atom stereocenters. The predicted molar refractivity (Wildman–Crippen MR) is 101 cm³/mol. The summed E-state index contributed by atoms with van der Waals surface area (Å²) in [6.45, 7) is 1.98. The number of hydrogen-bond acceptors (Lipinski definition) is 4. The topological polar surface area (TPSA) is 33.7 Å². The zero-order valence-electron chi connectivity index (χ0n) is 14.7. The second kappa shape index (κ2) is 8.45. The molecule has 1 saturated heterocycles. The first kappa shape index (κ1) is 17.9. The van der Waals surface area contributed by atoms with Crippen molar-refractivity contribution in [2.75, 3.05) is 32.7 Å². The molecule has 133 valence electrons. The molecule has 25 heavy (non-hydrogen) atoms. The van der Waals surface area contributed by atoms with Gasteiger partial charge in [-0.25, -0.2) is 5.01 Å². The second-order valence-corrected chi connectivity index (χ2v) is 6.78.